The zero-order valence-electron chi connectivity index (χ0n) is 14.6. The molecule has 1 aliphatic rings. The Balaban J connectivity index is 0.00000288. The van der Waals surface area contributed by atoms with Crippen LogP contribution in [-0.4, -0.2) is 67.9 Å². The van der Waals surface area contributed by atoms with Crippen molar-refractivity contribution in [3.8, 4) is 0 Å². The van der Waals surface area contributed by atoms with E-state index in [1.807, 2.05) is 23.1 Å². The van der Waals surface area contributed by atoms with Crippen molar-refractivity contribution >= 4 is 36.6 Å². The SMILES string of the molecule is CNCCC(=O)NCC(=O)N1CCN(Cc2ccccc2)CC1.Cl.Cl. The Morgan fingerprint density at radius 1 is 1.04 bits per heavy atom. The van der Waals surface area contributed by atoms with Gasteiger partial charge in [-0.15, -0.1) is 24.8 Å². The number of piperazine rings is 1. The Hall–Kier alpha value is -1.34. The van der Waals surface area contributed by atoms with Crippen LogP contribution in [0.1, 0.15) is 12.0 Å². The molecule has 1 saturated heterocycles. The highest BCUT2D eigenvalue weighted by Gasteiger charge is 2.21. The summed E-state index contributed by atoms with van der Waals surface area (Å²) in [4.78, 5) is 27.8. The maximum atomic E-state index is 12.1. The summed E-state index contributed by atoms with van der Waals surface area (Å²) in [7, 11) is 1.80. The van der Waals surface area contributed by atoms with Crippen LogP contribution in [-0.2, 0) is 16.1 Å². The molecule has 0 spiro atoms. The lowest BCUT2D eigenvalue weighted by Gasteiger charge is -2.34. The molecule has 142 valence electrons. The van der Waals surface area contributed by atoms with Crippen molar-refractivity contribution in [2.24, 2.45) is 0 Å². The first kappa shape index (κ1) is 23.7. The summed E-state index contributed by atoms with van der Waals surface area (Å²) in [5, 5.41) is 5.59. The van der Waals surface area contributed by atoms with Gasteiger partial charge in [-0.2, -0.15) is 0 Å². The first-order chi connectivity index (χ1) is 11.2. The van der Waals surface area contributed by atoms with Crippen LogP contribution in [0.2, 0.25) is 0 Å². The molecule has 8 heteroatoms. The van der Waals surface area contributed by atoms with Crippen LogP contribution < -0.4 is 10.6 Å². The van der Waals surface area contributed by atoms with Gasteiger partial charge in [0.15, 0.2) is 0 Å². The average molecular weight is 391 g/mol. The summed E-state index contributed by atoms with van der Waals surface area (Å²) in [5.41, 5.74) is 1.30. The second-order valence-corrected chi connectivity index (χ2v) is 5.77. The van der Waals surface area contributed by atoms with Crippen molar-refractivity contribution in [2.75, 3.05) is 46.3 Å². The molecule has 1 fully saturated rings. The minimum Gasteiger partial charge on any atom is -0.347 e. The van der Waals surface area contributed by atoms with Crippen LogP contribution in [0, 0.1) is 0 Å². The number of nitrogens with one attached hydrogen (secondary N) is 2. The lowest BCUT2D eigenvalue weighted by atomic mass is 10.2. The van der Waals surface area contributed by atoms with E-state index in [2.05, 4.69) is 27.7 Å². The fourth-order valence-electron chi connectivity index (χ4n) is 2.61. The van der Waals surface area contributed by atoms with Crippen LogP contribution in [0.4, 0.5) is 0 Å². The molecule has 0 radical (unpaired) electrons. The molecule has 2 rings (SSSR count). The van der Waals surface area contributed by atoms with Gasteiger partial charge in [-0.3, -0.25) is 14.5 Å². The summed E-state index contributed by atoms with van der Waals surface area (Å²) in [6.45, 7) is 4.82. The zero-order valence-corrected chi connectivity index (χ0v) is 16.2. The highest BCUT2D eigenvalue weighted by Crippen LogP contribution is 2.08. The number of benzene rings is 1. The summed E-state index contributed by atoms with van der Waals surface area (Å²) in [5.74, 6) is -0.0856. The number of halogens is 2. The second-order valence-electron chi connectivity index (χ2n) is 5.77. The van der Waals surface area contributed by atoms with E-state index in [4.69, 9.17) is 0 Å². The zero-order chi connectivity index (χ0) is 16.5. The Morgan fingerprint density at radius 3 is 2.28 bits per heavy atom. The largest absolute Gasteiger partial charge is 0.347 e. The normalized spacial score (nSPS) is 14.2. The van der Waals surface area contributed by atoms with E-state index in [0.717, 1.165) is 32.7 Å². The molecule has 1 aromatic rings. The number of hydrogen-bond donors (Lipinski definition) is 2. The fourth-order valence-corrected chi connectivity index (χ4v) is 2.61. The van der Waals surface area contributed by atoms with Crippen LogP contribution in [0.5, 0.6) is 0 Å². The summed E-state index contributed by atoms with van der Waals surface area (Å²) < 4.78 is 0. The molecule has 0 aliphatic carbocycles. The third kappa shape index (κ3) is 8.54. The number of amides is 2. The minimum absolute atomic E-state index is 0. The minimum atomic E-state index is -0.0876. The van der Waals surface area contributed by atoms with Crippen molar-refractivity contribution in [1.82, 2.24) is 20.4 Å². The Kier molecular flexibility index (Phi) is 12.2. The number of rotatable bonds is 7. The highest BCUT2D eigenvalue weighted by molar-refractivity contribution is 5.86. The summed E-state index contributed by atoms with van der Waals surface area (Å²) >= 11 is 0. The van der Waals surface area contributed by atoms with Crippen molar-refractivity contribution < 1.29 is 9.59 Å². The first-order valence-corrected chi connectivity index (χ1v) is 8.14. The van der Waals surface area contributed by atoms with Crippen molar-refractivity contribution in [3.05, 3.63) is 35.9 Å². The summed E-state index contributed by atoms with van der Waals surface area (Å²) in [6.07, 6.45) is 0.397. The smallest absolute Gasteiger partial charge is 0.242 e. The van der Waals surface area contributed by atoms with E-state index in [1.165, 1.54) is 5.56 Å². The first-order valence-electron chi connectivity index (χ1n) is 8.14. The number of hydrogen-bond acceptors (Lipinski definition) is 4. The Labute approximate surface area is 162 Å². The molecule has 6 nitrogen and oxygen atoms in total. The van der Waals surface area contributed by atoms with Gasteiger partial charge in [0.1, 0.15) is 0 Å². The molecule has 2 amide bonds. The molecule has 0 bridgehead atoms. The Morgan fingerprint density at radius 2 is 1.68 bits per heavy atom. The maximum Gasteiger partial charge on any atom is 0.242 e. The van der Waals surface area contributed by atoms with Crippen LogP contribution in [0.25, 0.3) is 0 Å². The predicted octanol–water partition coefficient (Wildman–Crippen LogP) is 0.900. The quantitative estimate of drug-likeness (QED) is 0.725. The highest BCUT2D eigenvalue weighted by atomic mass is 35.5. The van der Waals surface area contributed by atoms with E-state index in [9.17, 15) is 9.59 Å². The molecule has 1 aliphatic heterocycles. The fraction of sp³-hybridized carbons (Fsp3) is 0.529. The van der Waals surface area contributed by atoms with Crippen LogP contribution >= 0.6 is 24.8 Å². The molecular weight excluding hydrogens is 363 g/mol. The van der Waals surface area contributed by atoms with Crippen molar-refractivity contribution in [3.63, 3.8) is 0 Å². The van der Waals surface area contributed by atoms with Gasteiger partial charge in [0.05, 0.1) is 6.54 Å². The molecule has 1 aromatic carbocycles. The third-order valence-electron chi connectivity index (χ3n) is 4.01. The summed E-state index contributed by atoms with van der Waals surface area (Å²) in [6, 6.07) is 10.4. The lowest BCUT2D eigenvalue weighted by Crippen LogP contribution is -2.50. The number of carbonyl (C=O) groups excluding carboxylic acids is 2. The predicted molar refractivity (Wildman–Crippen MR) is 104 cm³/mol. The molecule has 25 heavy (non-hydrogen) atoms. The van der Waals surface area contributed by atoms with Gasteiger partial charge >= 0.3 is 0 Å². The van der Waals surface area contributed by atoms with E-state index >= 15 is 0 Å². The van der Waals surface area contributed by atoms with Gasteiger partial charge in [-0.1, -0.05) is 30.3 Å². The van der Waals surface area contributed by atoms with Gasteiger partial charge < -0.3 is 15.5 Å². The van der Waals surface area contributed by atoms with Crippen molar-refractivity contribution in [2.45, 2.75) is 13.0 Å². The molecular formula is C17H28Cl2N4O2. The van der Waals surface area contributed by atoms with Gasteiger partial charge in [-0.25, -0.2) is 0 Å². The van der Waals surface area contributed by atoms with Gasteiger partial charge in [0.2, 0.25) is 11.8 Å². The van der Waals surface area contributed by atoms with Crippen LogP contribution in [0.3, 0.4) is 0 Å². The monoisotopic (exact) mass is 390 g/mol. The Bertz CT molecular complexity index is 509. The molecule has 0 saturated carbocycles. The van der Waals surface area contributed by atoms with E-state index < -0.39 is 0 Å². The number of nitrogens with zero attached hydrogens (tertiary/aromatic N) is 2. The van der Waals surface area contributed by atoms with Crippen LogP contribution in [0.15, 0.2) is 30.3 Å². The maximum absolute atomic E-state index is 12.1. The molecule has 1 heterocycles. The van der Waals surface area contributed by atoms with Gasteiger partial charge in [-0.05, 0) is 12.6 Å². The van der Waals surface area contributed by atoms with E-state index in [-0.39, 0.29) is 43.2 Å². The van der Waals surface area contributed by atoms with E-state index in [0.29, 0.717) is 13.0 Å². The molecule has 2 N–H and O–H groups in total. The average Bonchev–Trinajstić information content (AvgIpc) is 2.59. The molecule has 0 unspecified atom stereocenters. The van der Waals surface area contributed by atoms with Gasteiger partial charge in [0.25, 0.3) is 0 Å². The lowest BCUT2D eigenvalue weighted by molar-refractivity contribution is -0.134. The standard InChI is InChI=1S/C17H26N4O2.2ClH/c1-18-8-7-16(22)19-13-17(23)21-11-9-20(10-12-21)14-15-5-3-2-4-6-15;;/h2-6,18H,7-14H2,1H3,(H,19,22);2*1H. The molecule has 0 atom stereocenters. The number of carbonyl (C=O) groups is 2. The van der Waals surface area contributed by atoms with Crippen molar-refractivity contribution in [1.29, 1.82) is 0 Å². The molecule has 0 aromatic heterocycles. The topological polar surface area (TPSA) is 64.7 Å². The third-order valence-corrected chi connectivity index (χ3v) is 4.01. The van der Waals surface area contributed by atoms with Gasteiger partial charge in [0, 0.05) is 45.7 Å². The second kappa shape index (κ2) is 12.9. The van der Waals surface area contributed by atoms with E-state index in [1.54, 1.807) is 7.05 Å².